The average Bonchev–Trinajstić information content (AvgIpc) is 2.37. The van der Waals surface area contributed by atoms with E-state index in [2.05, 4.69) is 0 Å². The van der Waals surface area contributed by atoms with Gasteiger partial charge in [-0.3, -0.25) is 4.79 Å². The van der Waals surface area contributed by atoms with Gasteiger partial charge in [0.2, 0.25) is 15.9 Å². The largest absolute Gasteiger partial charge is 0.338 e. The molecule has 6 heteroatoms. The number of hydrogen-bond donors (Lipinski definition) is 0. The first-order valence-electron chi connectivity index (χ1n) is 6.12. The summed E-state index contributed by atoms with van der Waals surface area (Å²) in [5.74, 6) is 0.0199. The fourth-order valence-electron chi connectivity index (χ4n) is 2.17. The van der Waals surface area contributed by atoms with Crippen molar-refractivity contribution < 1.29 is 13.2 Å². The van der Waals surface area contributed by atoms with Crippen LogP contribution in [0, 0.1) is 0 Å². The summed E-state index contributed by atoms with van der Waals surface area (Å²) in [6.07, 6.45) is 0.775. The Morgan fingerprint density at radius 2 is 1.95 bits per heavy atom. The minimum absolute atomic E-state index is 0.0199. The maximum atomic E-state index is 12.1. The highest BCUT2D eigenvalue weighted by Gasteiger charge is 2.22. The van der Waals surface area contributed by atoms with Crippen LogP contribution in [0.5, 0.6) is 0 Å². The first kappa shape index (κ1) is 14.0. The minimum Gasteiger partial charge on any atom is -0.338 e. The number of amides is 1. The first-order valence-corrected chi connectivity index (χ1v) is 7.56. The second-order valence-corrected chi connectivity index (χ2v) is 7.06. The molecule has 0 unspecified atom stereocenters. The zero-order valence-corrected chi connectivity index (χ0v) is 12.2. The van der Waals surface area contributed by atoms with E-state index < -0.39 is 10.0 Å². The highest BCUT2D eigenvalue weighted by Crippen LogP contribution is 2.23. The number of carbonyl (C=O) groups excluding carboxylic acids is 1. The molecule has 1 aliphatic heterocycles. The van der Waals surface area contributed by atoms with Gasteiger partial charge in [0, 0.05) is 34.1 Å². The van der Waals surface area contributed by atoms with E-state index in [1.165, 1.54) is 25.3 Å². The molecule has 0 saturated heterocycles. The Morgan fingerprint density at radius 1 is 1.26 bits per heavy atom. The number of benzene rings is 1. The lowest BCUT2D eigenvalue weighted by molar-refractivity contribution is -0.129. The summed E-state index contributed by atoms with van der Waals surface area (Å²) in [7, 11) is -0.397. The highest BCUT2D eigenvalue weighted by atomic mass is 32.2. The second kappa shape index (κ2) is 4.94. The van der Waals surface area contributed by atoms with E-state index in [9.17, 15) is 13.2 Å². The summed E-state index contributed by atoms with van der Waals surface area (Å²) in [6.45, 7) is 2.72. The molecule has 0 atom stereocenters. The van der Waals surface area contributed by atoms with E-state index in [0.717, 1.165) is 17.5 Å². The summed E-state index contributed by atoms with van der Waals surface area (Å²) in [5, 5.41) is 0. The van der Waals surface area contributed by atoms with Crippen LogP contribution in [0.2, 0.25) is 0 Å². The summed E-state index contributed by atoms with van der Waals surface area (Å²) >= 11 is 0. The number of sulfonamides is 1. The van der Waals surface area contributed by atoms with Gasteiger partial charge in [-0.2, -0.15) is 0 Å². The third-order valence-electron chi connectivity index (χ3n) is 3.41. The predicted molar refractivity (Wildman–Crippen MR) is 72.1 cm³/mol. The molecular weight excluding hydrogens is 264 g/mol. The predicted octanol–water partition coefficient (Wildman–Crippen LogP) is 0.841. The molecule has 5 nitrogen and oxygen atoms in total. The summed E-state index contributed by atoms with van der Waals surface area (Å²) < 4.78 is 25.4. The number of carbonyl (C=O) groups is 1. The van der Waals surface area contributed by atoms with Crippen molar-refractivity contribution in [2.75, 3.05) is 20.6 Å². The lowest BCUT2D eigenvalue weighted by Gasteiger charge is -2.28. The average molecular weight is 282 g/mol. The topological polar surface area (TPSA) is 57.7 Å². The number of nitrogens with zero attached hydrogens (tertiary/aromatic N) is 2. The van der Waals surface area contributed by atoms with Gasteiger partial charge < -0.3 is 4.90 Å². The van der Waals surface area contributed by atoms with Gasteiger partial charge in [0.25, 0.3) is 0 Å². The number of rotatable bonds is 2. The zero-order valence-electron chi connectivity index (χ0n) is 11.4. The molecule has 1 aromatic carbocycles. The zero-order chi connectivity index (χ0) is 14.2. The SMILES string of the molecule is CC(=O)N1CCc2ccc(S(=O)(=O)N(C)C)cc2C1. The van der Waals surface area contributed by atoms with Crippen molar-refractivity contribution in [3.63, 3.8) is 0 Å². The third-order valence-corrected chi connectivity index (χ3v) is 5.22. The normalized spacial score (nSPS) is 15.5. The van der Waals surface area contributed by atoms with Crippen LogP contribution in [-0.2, 0) is 27.8 Å². The number of hydrogen-bond acceptors (Lipinski definition) is 3. The second-order valence-electron chi connectivity index (χ2n) is 4.91. The minimum atomic E-state index is -3.42. The molecular formula is C13H18N2O3S. The molecule has 0 saturated carbocycles. The van der Waals surface area contributed by atoms with Gasteiger partial charge in [0.1, 0.15) is 0 Å². The standard InChI is InChI=1S/C13H18N2O3S/c1-10(16)15-7-6-11-4-5-13(8-12(11)9-15)19(17,18)14(2)3/h4-5,8H,6-7,9H2,1-3H3. The Balaban J connectivity index is 2.39. The van der Waals surface area contributed by atoms with Gasteiger partial charge in [0.15, 0.2) is 0 Å². The van der Waals surface area contributed by atoms with Crippen molar-refractivity contribution in [3.05, 3.63) is 29.3 Å². The molecule has 0 aliphatic carbocycles. The van der Waals surface area contributed by atoms with Crippen molar-refractivity contribution in [1.29, 1.82) is 0 Å². The fraction of sp³-hybridized carbons (Fsp3) is 0.462. The molecule has 104 valence electrons. The van der Waals surface area contributed by atoms with Crippen LogP contribution in [0.4, 0.5) is 0 Å². The smallest absolute Gasteiger partial charge is 0.242 e. The molecule has 0 radical (unpaired) electrons. The van der Waals surface area contributed by atoms with E-state index in [0.29, 0.717) is 13.1 Å². The monoisotopic (exact) mass is 282 g/mol. The van der Waals surface area contributed by atoms with Crippen LogP contribution in [0.1, 0.15) is 18.1 Å². The fourth-order valence-corrected chi connectivity index (χ4v) is 3.13. The molecule has 0 fully saturated rings. The van der Waals surface area contributed by atoms with Crippen LogP contribution in [0.15, 0.2) is 23.1 Å². The molecule has 0 bridgehead atoms. The van der Waals surface area contributed by atoms with Crippen LogP contribution < -0.4 is 0 Å². The Morgan fingerprint density at radius 3 is 2.53 bits per heavy atom. The van der Waals surface area contributed by atoms with Crippen molar-refractivity contribution in [1.82, 2.24) is 9.21 Å². The van der Waals surface area contributed by atoms with Crippen molar-refractivity contribution in [3.8, 4) is 0 Å². The molecule has 1 aromatic rings. The van der Waals surface area contributed by atoms with E-state index in [-0.39, 0.29) is 10.8 Å². The summed E-state index contributed by atoms with van der Waals surface area (Å²) in [4.78, 5) is 13.4. The Kier molecular flexibility index (Phi) is 3.64. The van der Waals surface area contributed by atoms with Crippen LogP contribution in [0.3, 0.4) is 0 Å². The Labute approximate surface area is 113 Å². The van der Waals surface area contributed by atoms with E-state index >= 15 is 0 Å². The van der Waals surface area contributed by atoms with Crippen LogP contribution in [0.25, 0.3) is 0 Å². The maximum absolute atomic E-state index is 12.1. The number of fused-ring (bicyclic) bond motifs is 1. The molecule has 2 rings (SSSR count). The van der Waals surface area contributed by atoms with Gasteiger partial charge in [0.05, 0.1) is 4.90 Å². The van der Waals surface area contributed by atoms with Gasteiger partial charge in [-0.25, -0.2) is 12.7 Å². The first-order chi connectivity index (χ1) is 8.82. The molecule has 0 spiro atoms. The van der Waals surface area contributed by atoms with E-state index in [1.54, 1.807) is 17.0 Å². The van der Waals surface area contributed by atoms with Crippen LogP contribution >= 0.6 is 0 Å². The molecule has 19 heavy (non-hydrogen) atoms. The van der Waals surface area contributed by atoms with Gasteiger partial charge in [-0.15, -0.1) is 0 Å². The molecule has 1 aliphatic rings. The van der Waals surface area contributed by atoms with Crippen LogP contribution in [-0.4, -0.2) is 44.2 Å². The lowest BCUT2D eigenvalue weighted by Crippen LogP contribution is -2.34. The van der Waals surface area contributed by atoms with Crippen molar-refractivity contribution in [2.45, 2.75) is 24.8 Å². The van der Waals surface area contributed by atoms with Gasteiger partial charge in [-0.1, -0.05) is 6.07 Å². The van der Waals surface area contributed by atoms with Gasteiger partial charge in [-0.05, 0) is 29.7 Å². The lowest BCUT2D eigenvalue weighted by atomic mass is 10.00. The molecule has 0 N–H and O–H groups in total. The summed E-state index contributed by atoms with van der Waals surface area (Å²) in [5.41, 5.74) is 2.04. The molecule has 0 aromatic heterocycles. The van der Waals surface area contributed by atoms with Crippen molar-refractivity contribution in [2.24, 2.45) is 0 Å². The van der Waals surface area contributed by atoms with E-state index in [4.69, 9.17) is 0 Å². The highest BCUT2D eigenvalue weighted by molar-refractivity contribution is 7.89. The maximum Gasteiger partial charge on any atom is 0.242 e. The molecule has 1 amide bonds. The van der Waals surface area contributed by atoms with E-state index in [1.807, 2.05) is 6.07 Å². The molecule has 1 heterocycles. The van der Waals surface area contributed by atoms with Crippen molar-refractivity contribution >= 4 is 15.9 Å². The third kappa shape index (κ3) is 2.64. The Bertz CT molecular complexity index is 608. The van der Waals surface area contributed by atoms with Gasteiger partial charge >= 0.3 is 0 Å². The quantitative estimate of drug-likeness (QED) is 0.807. The summed E-state index contributed by atoms with van der Waals surface area (Å²) in [6, 6.07) is 5.17. The Hall–Kier alpha value is -1.40.